The van der Waals surface area contributed by atoms with E-state index in [2.05, 4.69) is 122 Å². The lowest BCUT2D eigenvalue weighted by Gasteiger charge is -2.18. The number of aromatic amines is 6. The Kier molecular flexibility index (Phi) is 36.1. The lowest BCUT2D eigenvalue weighted by atomic mass is 10.0. The lowest BCUT2D eigenvalue weighted by Crippen LogP contribution is -2.42. The summed E-state index contributed by atoms with van der Waals surface area (Å²) in [6, 6.07) is 44.0. The van der Waals surface area contributed by atoms with Crippen LogP contribution >= 0.6 is 45.2 Å². The van der Waals surface area contributed by atoms with Crippen molar-refractivity contribution >= 4 is 193 Å². The molecule has 0 spiro atoms. The number of hydrogen-bond acceptors (Lipinski definition) is 26. The number of rotatable bonds is 26. The first-order valence-electron chi connectivity index (χ1n) is 42.1. The Labute approximate surface area is 817 Å². The Bertz CT molecular complexity index is 7280. The number of carbonyl (C=O) groups is 8. The summed E-state index contributed by atoms with van der Waals surface area (Å²) in [6.45, 7) is 7.56. The highest BCUT2D eigenvalue weighted by Crippen LogP contribution is 2.39. The summed E-state index contributed by atoms with van der Waals surface area (Å²) in [6.07, 6.45) is 11.6. The van der Waals surface area contributed by atoms with E-state index in [4.69, 9.17) is 63.9 Å². The molecule has 139 heavy (non-hydrogen) atoms. The van der Waals surface area contributed by atoms with Gasteiger partial charge >= 0.3 is 23.9 Å². The highest BCUT2D eigenvalue weighted by Gasteiger charge is 2.28. The maximum atomic E-state index is 14.0. The maximum Gasteiger partial charge on any atom is 0.341 e. The Morgan fingerprint density at radius 2 is 0.791 bits per heavy atom. The molecular weight excluding hydrogens is 2030 g/mol. The van der Waals surface area contributed by atoms with Crippen LogP contribution in [0.4, 0.5) is 8.78 Å². The maximum absolute atomic E-state index is 14.0. The molecule has 2 atom stereocenters. The molecule has 14 N–H and O–H groups in total. The molecule has 0 radical (unpaired) electrons. The van der Waals surface area contributed by atoms with Crippen molar-refractivity contribution in [2.24, 2.45) is 18.5 Å². The summed E-state index contributed by atoms with van der Waals surface area (Å²) in [4.78, 5) is 94.0. The number of halogens is 4. The van der Waals surface area contributed by atoms with Crippen LogP contribution in [0.2, 0.25) is 0 Å². The number of carboxylic acid groups (broad SMARTS) is 1. The van der Waals surface area contributed by atoms with Gasteiger partial charge in [-0.05, 0) is 200 Å². The number of primary amides is 2. The van der Waals surface area contributed by atoms with Gasteiger partial charge in [0.05, 0.1) is 187 Å². The zero-order valence-electron chi connectivity index (χ0n) is 76.6. The molecule has 42 heteroatoms. The molecule has 7 aromatic heterocycles. The van der Waals surface area contributed by atoms with Crippen LogP contribution in [0.5, 0.6) is 40.2 Å². The number of nitrogens with two attached hydrogens (primary N) is 2. The Hall–Kier alpha value is -16.4. The molecule has 17 rings (SSSR count). The number of H-pyrrole nitrogens is 6. The van der Waals surface area contributed by atoms with E-state index >= 15 is 0 Å². The number of aliphatic hydroxyl groups excluding tert-OH is 1. The standard InChI is InChI=1S/C25H22FN3O3.C20H19FN4O3.C12H13IN2O3.C11H11IN2O3.C11H12N2O3.C9H9N3O2.C9H8N2O3/c1-32-24-18(25(31)27-22(15-30)17-8-3-2-4-9-17)12-14-21-23(24)20(28-29-21)13-11-16-7-5-6-10-19(16)26;1-11(19(22)26)23-20(27)13-8-10-16-17(18(13)28-2)15(24-25-16)9-7-12-5-3-4-6-14(12)21;1-4-18-12(16)7-5-6-8-9(10(7)17-3)11(13)14-15(8)2;1-3-17-11(15)6-4-5-7-8(9(6)16-2)10(12)14-13-7;1-3-16-11(14)7-4-5-9-8(6-12-13-9)10(7)15-2;1-14-8-5(9(10)13)2-3-7-6(8)4-11-12-7;1-14-8-5(9(12)13)2-3-7-6(8)4-10-11-7/h2-14,22,30H,15H2,1H3,(H,27,31)(H,28,29);3-11H,1-2H3,(H2,22,26)(H,23,27)(H,24,25);5-6H,4H2,1-3H3;4-5H,3H2,1-2H3,(H,13,14);4-6H,3H2,1-2H3,(H,12,13);2-4H,1H3,(H2,10,13)(H,11,12);2-4H,1H3,(H,10,11)(H,12,13)/b13-11+;9-7+;;;;;/t22-;11-;;;;;/m10...../s1. The third-order valence-electron chi connectivity index (χ3n) is 20.7. The minimum absolute atomic E-state index is 0.140. The van der Waals surface area contributed by atoms with Gasteiger partial charge < -0.3 is 79.7 Å². The second-order valence-corrected chi connectivity index (χ2v) is 31.1. The Morgan fingerprint density at radius 1 is 0.432 bits per heavy atom. The predicted octanol–water partition coefficient (Wildman–Crippen LogP) is 15.2. The van der Waals surface area contributed by atoms with Crippen molar-refractivity contribution in [2.75, 3.05) is 76.2 Å². The first-order valence-corrected chi connectivity index (χ1v) is 44.2. The van der Waals surface area contributed by atoms with Crippen LogP contribution in [0.25, 0.3) is 101 Å². The fourth-order valence-electron chi connectivity index (χ4n) is 14.1. The quantitative estimate of drug-likeness (QED) is 0.0136. The lowest BCUT2D eigenvalue weighted by molar-refractivity contribution is -0.119. The number of aryl methyl sites for hydroxylation is 1. The van der Waals surface area contributed by atoms with Gasteiger partial charge in [0.1, 0.15) is 87.6 Å². The third kappa shape index (κ3) is 24.1. The molecule has 0 unspecified atom stereocenters. The minimum atomic E-state index is -1.01. The number of fused-ring (bicyclic) bond motifs is 7. The zero-order chi connectivity index (χ0) is 100. The molecule has 17 aromatic rings. The number of carbonyl (C=O) groups excluding carboxylic acids is 7. The molecule has 10 aromatic carbocycles. The van der Waals surface area contributed by atoms with Gasteiger partial charge in [0.25, 0.3) is 17.7 Å². The average molecular weight is 2120 g/mol. The summed E-state index contributed by atoms with van der Waals surface area (Å²) in [7, 11) is 12.3. The summed E-state index contributed by atoms with van der Waals surface area (Å²) >= 11 is 4.24. The molecule has 720 valence electrons. The largest absolute Gasteiger partial charge is 0.495 e. The van der Waals surface area contributed by atoms with Crippen molar-refractivity contribution in [3.8, 4) is 40.2 Å². The van der Waals surface area contributed by atoms with Crippen LogP contribution in [0.15, 0.2) is 182 Å². The van der Waals surface area contributed by atoms with Crippen LogP contribution in [0, 0.1) is 19.0 Å². The minimum Gasteiger partial charge on any atom is -0.495 e. The summed E-state index contributed by atoms with van der Waals surface area (Å²) in [5.41, 5.74) is 20.5. The van der Waals surface area contributed by atoms with Gasteiger partial charge in [0, 0.05) is 36.8 Å². The summed E-state index contributed by atoms with van der Waals surface area (Å²) in [5, 5.41) is 74.6. The average Bonchev–Trinajstić information content (AvgIpc) is 1.64. The van der Waals surface area contributed by atoms with Crippen molar-refractivity contribution < 1.29 is 105 Å². The molecule has 0 aliphatic carbocycles. The number of aromatic nitrogens is 14. The van der Waals surface area contributed by atoms with Crippen LogP contribution in [-0.4, -0.2) is 211 Å². The van der Waals surface area contributed by atoms with Gasteiger partial charge in [-0.25, -0.2) is 28.0 Å². The van der Waals surface area contributed by atoms with Crippen molar-refractivity contribution in [1.82, 2.24) is 81.6 Å². The van der Waals surface area contributed by atoms with E-state index in [1.165, 1.54) is 67.8 Å². The first-order chi connectivity index (χ1) is 67.1. The van der Waals surface area contributed by atoms with Crippen molar-refractivity contribution in [2.45, 2.75) is 39.8 Å². The molecule has 38 nitrogen and oxygen atoms in total. The van der Waals surface area contributed by atoms with Crippen molar-refractivity contribution in [3.63, 3.8) is 0 Å². The molecule has 0 fully saturated rings. The normalized spacial score (nSPS) is 11.2. The molecule has 0 saturated carbocycles. The summed E-state index contributed by atoms with van der Waals surface area (Å²) in [5.74, 6) is -1.97. The highest BCUT2D eigenvalue weighted by atomic mass is 127. The van der Waals surface area contributed by atoms with Gasteiger partial charge in [-0.1, -0.05) is 66.7 Å². The number of ether oxygens (including phenoxy) is 10. The number of nitrogens with one attached hydrogen (secondary N) is 8. The van der Waals surface area contributed by atoms with Crippen LogP contribution in [-0.2, 0) is 26.1 Å². The molecule has 0 aliphatic heterocycles. The number of methoxy groups -OCH3 is 7. The topological polar surface area (TPSA) is 535 Å². The third-order valence-corrected chi connectivity index (χ3v) is 22.2. The van der Waals surface area contributed by atoms with Gasteiger partial charge in [-0.2, -0.15) is 35.7 Å². The van der Waals surface area contributed by atoms with Gasteiger partial charge in [0.2, 0.25) is 5.91 Å². The molecular formula is C97H94F2I2N18O20. The number of aromatic carboxylic acids is 1. The van der Waals surface area contributed by atoms with Crippen molar-refractivity contribution in [1.29, 1.82) is 0 Å². The van der Waals surface area contributed by atoms with E-state index in [1.807, 2.05) is 43.4 Å². The van der Waals surface area contributed by atoms with Crippen LogP contribution < -0.4 is 55.3 Å². The van der Waals surface area contributed by atoms with Gasteiger partial charge in [-0.3, -0.25) is 54.5 Å². The molecule has 4 amide bonds. The molecule has 0 aliphatic rings. The Morgan fingerprint density at radius 3 is 1.21 bits per heavy atom. The Balaban J connectivity index is 0.000000159. The smallest absolute Gasteiger partial charge is 0.341 e. The second-order valence-electron chi connectivity index (χ2n) is 29.0. The van der Waals surface area contributed by atoms with Gasteiger partial charge in [-0.15, -0.1) is 0 Å². The number of amides is 4. The molecule has 0 saturated heterocycles. The number of esters is 3. The predicted molar refractivity (Wildman–Crippen MR) is 532 cm³/mol. The first kappa shape index (κ1) is 103. The fraction of sp³-hybridized carbons (Fsp3) is 0.186. The van der Waals surface area contributed by atoms with E-state index < -0.39 is 41.7 Å². The second kappa shape index (κ2) is 48.7. The van der Waals surface area contributed by atoms with E-state index in [9.17, 15) is 52.2 Å². The highest BCUT2D eigenvalue weighted by molar-refractivity contribution is 14.1. The van der Waals surface area contributed by atoms with E-state index in [-0.39, 0.29) is 53.0 Å². The number of benzene rings is 10. The van der Waals surface area contributed by atoms with E-state index in [1.54, 1.807) is 185 Å². The van der Waals surface area contributed by atoms with Crippen LogP contribution in [0.1, 0.15) is 134 Å². The van der Waals surface area contributed by atoms with Crippen LogP contribution in [0.3, 0.4) is 0 Å². The molecule has 7 heterocycles. The number of aliphatic hydroxyl groups is 1. The summed E-state index contributed by atoms with van der Waals surface area (Å²) < 4.78 is 83.2. The number of hydrogen-bond donors (Lipinski definition) is 12. The van der Waals surface area contributed by atoms with Crippen molar-refractivity contribution in [3.05, 3.63) is 268 Å². The number of nitrogens with zero attached hydrogens (tertiary/aromatic N) is 8. The number of carboxylic acids is 1. The zero-order valence-corrected chi connectivity index (χ0v) is 80.9. The SMILES string of the molecule is CCOC(=O)c1ccc2c(c(I)nn2C)c1OC.CCOC(=O)c1ccc2n[nH]c(I)c2c1OC.CCOC(=O)c1ccc2n[nH]cc2c1OC.COc1c(C(=O)N[C@@H](C)C(N)=O)ccc2n[nH]c(/C=C/c3ccccc3F)c12.COc1c(C(=O)N[C@H](CO)c2ccccc2)ccc2n[nH]c(/C=C/c3ccccc3F)c12.COc1c(C(=O)O)ccc2n[nH]cc12.COc1c(C(N)=O)ccc2n[nH]cc12. The fourth-order valence-corrected chi connectivity index (χ4v) is 15.6. The monoisotopic (exact) mass is 2120 g/mol. The van der Waals surface area contributed by atoms with Gasteiger partial charge in [0.15, 0.2) is 0 Å². The molecule has 0 bridgehead atoms. The van der Waals surface area contributed by atoms with E-state index in [0.717, 1.165) is 56.6 Å². The van der Waals surface area contributed by atoms with E-state index in [0.29, 0.717) is 137 Å².